The van der Waals surface area contributed by atoms with Gasteiger partial charge in [-0.25, -0.2) is 0 Å². The van der Waals surface area contributed by atoms with E-state index in [1.165, 1.54) is 0 Å². The summed E-state index contributed by atoms with van der Waals surface area (Å²) in [6, 6.07) is 5.79. The Balaban J connectivity index is 2.45. The second-order valence-electron chi connectivity index (χ2n) is 4.76. The van der Waals surface area contributed by atoms with Crippen molar-refractivity contribution in [2.75, 3.05) is 26.4 Å². The summed E-state index contributed by atoms with van der Waals surface area (Å²) in [6.07, 6.45) is -3.26. The van der Waals surface area contributed by atoms with Crippen LogP contribution in [0, 0.1) is 6.92 Å². The fourth-order valence-corrected chi connectivity index (χ4v) is 1.85. The molecule has 0 bridgehead atoms. The van der Waals surface area contributed by atoms with Crippen molar-refractivity contribution in [3.05, 3.63) is 29.3 Å². The average molecular weight is 305 g/mol. The van der Waals surface area contributed by atoms with Crippen molar-refractivity contribution in [1.29, 1.82) is 0 Å². The van der Waals surface area contributed by atoms with Gasteiger partial charge in [0.05, 0.1) is 6.61 Å². The smallest absolute Gasteiger partial charge is 0.411 e. The largest absolute Gasteiger partial charge is 0.491 e. The number of para-hydroxylation sites is 1. The lowest BCUT2D eigenvalue weighted by Gasteiger charge is -2.15. The Morgan fingerprint density at radius 2 is 1.95 bits per heavy atom. The minimum absolute atomic E-state index is 0.0876. The van der Waals surface area contributed by atoms with E-state index in [1.54, 1.807) is 0 Å². The van der Waals surface area contributed by atoms with Gasteiger partial charge in [-0.3, -0.25) is 0 Å². The molecule has 6 heteroatoms. The quantitative estimate of drug-likeness (QED) is 0.709. The molecular formula is C15H22F3NO2. The van der Waals surface area contributed by atoms with Gasteiger partial charge in [0.2, 0.25) is 0 Å². The van der Waals surface area contributed by atoms with Crippen molar-refractivity contribution in [3.63, 3.8) is 0 Å². The molecule has 120 valence electrons. The molecule has 1 aromatic carbocycles. The number of halogens is 3. The molecule has 0 saturated carbocycles. The summed E-state index contributed by atoms with van der Waals surface area (Å²) in [6.45, 7) is 4.34. The summed E-state index contributed by atoms with van der Waals surface area (Å²) in [5, 5.41) is 3.28. The molecule has 1 N–H and O–H groups in total. The number of hydrogen-bond donors (Lipinski definition) is 1. The summed E-state index contributed by atoms with van der Waals surface area (Å²) in [5.41, 5.74) is 1.96. The molecule has 0 aromatic heterocycles. The number of hydrogen-bond acceptors (Lipinski definition) is 3. The number of ether oxygens (including phenoxy) is 2. The molecule has 0 aliphatic rings. The first-order valence-corrected chi connectivity index (χ1v) is 7.00. The summed E-state index contributed by atoms with van der Waals surface area (Å²) in [4.78, 5) is 0. The number of benzene rings is 1. The normalized spacial score (nSPS) is 11.7. The number of aryl methyl sites for hydroxylation is 1. The lowest BCUT2D eigenvalue weighted by atomic mass is 10.1. The van der Waals surface area contributed by atoms with Crippen LogP contribution < -0.4 is 10.1 Å². The van der Waals surface area contributed by atoms with Gasteiger partial charge in [0.1, 0.15) is 19.0 Å². The van der Waals surface area contributed by atoms with Gasteiger partial charge >= 0.3 is 6.18 Å². The van der Waals surface area contributed by atoms with Gasteiger partial charge in [0.15, 0.2) is 0 Å². The molecule has 21 heavy (non-hydrogen) atoms. The standard InChI is InChI=1S/C15H22F3NO2/c1-3-7-19-10-13-6-4-5-12(2)14(13)21-9-8-20-11-15(16,17)18/h4-6,19H,3,7-11H2,1-2H3. The summed E-state index contributed by atoms with van der Waals surface area (Å²) in [5.74, 6) is 0.719. The summed E-state index contributed by atoms with van der Waals surface area (Å²) >= 11 is 0. The van der Waals surface area contributed by atoms with E-state index in [4.69, 9.17) is 4.74 Å². The first kappa shape index (κ1) is 17.8. The zero-order chi connectivity index (χ0) is 15.7. The molecule has 0 aliphatic carbocycles. The Kier molecular flexibility index (Phi) is 7.53. The van der Waals surface area contributed by atoms with Crippen LogP contribution in [0.5, 0.6) is 5.75 Å². The first-order valence-electron chi connectivity index (χ1n) is 7.00. The topological polar surface area (TPSA) is 30.5 Å². The van der Waals surface area contributed by atoms with Crippen molar-refractivity contribution in [1.82, 2.24) is 5.32 Å². The molecule has 0 aliphatic heterocycles. The molecule has 0 fully saturated rings. The van der Waals surface area contributed by atoms with Crippen molar-refractivity contribution >= 4 is 0 Å². The van der Waals surface area contributed by atoms with Crippen LogP contribution in [0.4, 0.5) is 13.2 Å². The maximum Gasteiger partial charge on any atom is 0.411 e. The van der Waals surface area contributed by atoms with Crippen molar-refractivity contribution in [3.8, 4) is 5.75 Å². The van der Waals surface area contributed by atoms with Crippen LogP contribution in [0.2, 0.25) is 0 Å². The maximum atomic E-state index is 11.9. The van der Waals surface area contributed by atoms with Crippen LogP contribution in [0.3, 0.4) is 0 Å². The lowest BCUT2D eigenvalue weighted by Crippen LogP contribution is -2.20. The van der Waals surface area contributed by atoms with E-state index in [1.807, 2.05) is 25.1 Å². The Hall–Kier alpha value is -1.27. The van der Waals surface area contributed by atoms with E-state index in [0.717, 1.165) is 29.8 Å². The Labute approximate surface area is 123 Å². The van der Waals surface area contributed by atoms with Crippen molar-refractivity contribution < 1.29 is 22.6 Å². The molecule has 3 nitrogen and oxygen atoms in total. The molecule has 0 atom stereocenters. The highest BCUT2D eigenvalue weighted by Crippen LogP contribution is 2.23. The van der Waals surface area contributed by atoms with Crippen LogP contribution in [-0.4, -0.2) is 32.5 Å². The predicted molar refractivity (Wildman–Crippen MR) is 75.5 cm³/mol. The monoisotopic (exact) mass is 305 g/mol. The second-order valence-corrected chi connectivity index (χ2v) is 4.76. The van der Waals surface area contributed by atoms with E-state index < -0.39 is 12.8 Å². The maximum absolute atomic E-state index is 11.9. The molecule has 1 rings (SSSR count). The lowest BCUT2D eigenvalue weighted by molar-refractivity contribution is -0.175. The highest BCUT2D eigenvalue weighted by molar-refractivity contribution is 5.40. The molecular weight excluding hydrogens is 283 g/mol. The first-order chi connectivity index (χ1) is 9.94. The predicted octanol–water partition coefficient (Wildman–Crippen LogP) is 3.45. The van der Waals surface area contributed by atoms with Gasteiger partial charge in [0.25, 0.3) is 0 Å². The van der Waals surface area contributed by atoms with E-state index in [0.29, 0.717) is 6.54 Å². The van der Waals surface area contributed by atoms with Crippen LogP contribution in [0.25, 0.3) is 0 Å². The van der Waals surface area contributed by atoms with Gasteiger partial charge in [-0.05, 0) is 25.5 Å². The summed E-state index contributed by atoms with van der Waals surface area (Å²) in [7, 11) is 0. The Bertz CT molecular complexity index is 422. The molecule has 0 amide bonds. The van der Waals surface area contributed by atoms with E-state index in [2.05, 4.69) is 17.0 Å². The zero-order valence-electron chi connectivity index (χ0n) is 12.4. The molecule has 0 saturated heterocycles. The third kappa shape index (κ3) is 7.34. The highest BCUT2D eigenvalue weighted by Gasteiger charge is 2.27. The molecule has 1 aromatic rings. The molecule has 0 unspecified atom stereocenters. The zero-order valence-corrected chi connectivity index (χ0v) is 12.4. The van der Waals surface area contributed by atoms with Gasteiger partial charge in [-0.15, -0.1) is 0 Å². The third-order valence-corrected chi connectivity index (χ3v) is 2.78. The van der Waals surface area contributed by atoms with Gasteiger partial charge in [-0.2, -0.15) is 13.2 Å². The number of alkyl halides is 3. The van der Waals surface area contributed by atoms with E-state index >= 15 is 0 Å². The fourth-order valence-electron chi connectivity index (χ4n) is 1.85. The highest BCUT2D eigenvalue weighted by atomic mass is 19.4. The Morgan fingerprint density at radius 3 is 2.62 bits per heavy atom. The van der Waals surface area contributed by atoms with Gasteiger partial charge < -0.3 is 14.8 Å². The van der Waals surface area contributed by atoms with Crippen LogP contribution in [0.15, 0.2) is 18.2 Å². The molecule has 0 radical (unpaired) electrons. The van der Waals surface area contributed by atoms with Crippen LogP contribution in [0.1, 0.15) is 24.5 Å². The van der Waals surface area contributed by atoms with Crippen molar-refractivity contribution in [2.45, 2.75) is 33.0 Å². The number of rotatable bonds is 9. The van der Waals surface area contributed by atoms with Gasteiger partial charge in [-0.1, -0.05) is 25.1 Å². The molecule has 0 heterocycles. The van der Waals surface area contributed by atoms with Gasteiger partial charge in [0, 0.05) is 12.1 Å². The number of nitrogens with one attached hydrogen (secondary N) is 1. The molecule has 0 spiro atoms. The third-order valence-electron chi connectivity index (χ3n) is 2.78. The van der Waals surface area contributed by atoms with E-state index in [-0.39, 0.29) is 13.2 Å². The van der Waals surface area contributed by atoms with Crippen LogP contribution >= 0.6 is 0 Å². The average Bonchev–Trinajstić information content (AvgIpc) is 2.40. The second kappa shape index (κ2) is 8.89. The minimum Gasteiger partial charge on any atom is -0.491 e. The Morgan fingerprint density at radius 1 is 1.19 bits per heavy atom. The van der Waals surface area contributed by atoms with Crippen LogP contribution in [-0.2, 0) is 11.3 Å². The van der Waals surface area contributed by atoms with E-state index in [9.17, 15) is 13.2 Å². The van der Waals surface area contributed by atoms with Crippen molar-refractivity contribution in [2.24, 2.45) is 0 Å². The minimum atomic E-state index is -4.29. The SMILES string of the molecule is CCCNCc1cccc(C)c1OCCOCC(F)(F)F. The fraction of sp³-hybridized carbons (Fsp3) is 0.600. The summed E-state index contributed by atoms with van der Waals surface area (Å²) < 4.78 is 45.9.